The molecule has 2 aromatic rings. The lowest BCUT2D eigenvalue weighted by atomic mass is 9.89. The van der Waals surface area contributed by atoms with Crippen LogP contribution in [0.25, 0.3) is 10.2 Å². The Labute approximate surface area is 126 Å². The van der Waals surface area contributed by atoms with Crippen molar-refractivity contribution in [3.63, 3.8) is 0 Å². The van der Waals surface area contributed by atoms with Gasteiger partial charge in [0.15, 0.2) is 4.77 Å². The molecule has 0 spiro atoms. The van der Waals surface area contributed by atoms with E-state index in [2.05, 4.69) is 11.9 Å². The Bertz CT molecular complexity index is 757. The predicted molar refractivity (Wildman–Crippen MR) is 84.3 cm³/mol. The first-order chi connectivity index (χ1) is 9.61. The summed E-state index contributed by atoms with van der Waals surface area (Å²) in [6, 6.07) is 0. The summed E-state index contributed by atoms with van der Waals surface area (Å²) < 4.78 is 7.17. The molecular formula is C14H18N2O2S2. The van der Waals surface area contributed by atoms with Crippen LogP contribution in [0.15, 0.2) is 4.79 Å². The van der Waals surface area contributed by atoms with E-state index in [1.165, 1.54) is 10.4 Å². The van der Waals surface area contributed by atoms with Gasteiger partial charge in [0.2, 0.25) is 0 Å². The molecule has 0 unspecified atom stereocenters. The molecule has 0 fully saturated rings. The Kier molecular flexibility index (Phi) is 3.79. The summed E-state index contributed by atoms with van der Waals surface area (Å²) in [6.07, 6.45) is 3.24. The normalized spacial score (nSPS) is 18.4. The van der Waals surface area contributed by atoms with Crippen LogP contribution in [0, 0.1) is 10.7 Å². The highest BCUT2D eigenvalue weighted by molar-refractivity contribution is 7.71. The van der Waals surface area contributed by atoms with Crippen LogP contribution in [0.4, 0.5) is 0 Å². The van der Waals surface area contributed by atoms with E-state index < -0.39 is 0 Å². The first kappa shape index (κ1) is 14.0. The first-order valence-electron chi connectivity index (χ1n) is 6.88. The maximum Gasteiger partial charge on any atom is 0.263 e. The number of H-pyrrole nitrogens is 1. The number of rotatable bonds is 3. The van der Waals surface area contributed by atoms with Gasteiger partial charge < -0.3 is 9.72 Å². The van der Waals surface area contributed by atoms with Crippen LogP contribution in [0.2, 0.25) is 0 Å². The van der Waals surface area contributed by atoms with Crippen LogP contribution in [0.1, 0.15) is 23.8 Å². The van der Waals surface area contributed by atoms with Gasteiger partial charge >= 0.3 is 0 Å². The van der Waals surface area contributed by atoms with Crippen LogP contribution in [-0.2, 0) is 24.1 Å². The van der Waals surface area contributed by atoms with Crippen molar-refractivity contribution in [3.05, 3.63) is 25.6 Å². The van der Waals surface area contributed by atoms with Gasteiger partial charge in [0.1, 0.15) is 4.83 Å². The van der Waals surface area contributed by atoms with E-state index in [-0.39, 0.29) is 5.56 Å². The lowest BCUT2D eigenvalue weighted by Crippen LogP contribution is -2.24. The number of aryl methyl sites for hydroxylation is 1. The molecular weight excluding hydrogens is 292 g/mol. The first-order valence-corrected chi connectivity index (χ1v) is 8.10. The molecule has 2 aromatic heterocycles. The van der Waals surface area contributed by atoms with E-state index >= 15 is 0 Å². The van der Waals surface area contributed by atoms with Crippen molar-refractivity contribution in [2.75, 3.05) is 13.7 Å². The summed E-state index contributed by atoms with van der Waals surface area (Å²) in [5.41, 5.74) is 1.28. The molecule has 1 N–H and O–H groups in total. The molecule has 0 aromatic carbocycles. The van der Waals surface area contributed by atoms with Crippen molar-refractivity contribution >= 4 is 33.8 Å². The number of ether oxygens (including phenoxy) is 1. The molecule has 2 heterocycles. The Hall–Kier alpha value is -0.980. The van der Waals surface area contributed by atoms with E-state index in [9.17, 15) is 4.79 Å². The largest absolute Gasteiger partial charge is 0.383 e. The summed E-state index contributed by atoms with van der Waals surface area (Å²) in [5, 5.41) is 0.849. The number of nitrogens with one attached hydrogen (secondary N) is 1. The number of hydrogen-bond donors (Lipinski definition) is 1. The molecule has 1 atom stereocenters. The Balaban J connectivity index is 2.21. The highest BCUT2D eigenvalue weighted by Crippen LogP contribution is 2.35. The maximum atomic E-state index is 12.7. The number of fused-ring (bicyclic) bond motifs is 3. The second kappa shape index (κ2) is 5.42. The van der Waals surface area contributed by atoms with Crippen LogP contribution >= 0.6 is 23.6 Å². The Morgan fingerprint density at radius 3 is 3.10 bits per heavy atom. The average Bonchev–Trinajstić information content (AvgIpc) is 2.75. The van der Waals surface area contributed by atoms with Gasteiger partial charge in [-0.15, -0.1) is 11.3 Å². The fraction of sp³-hybridized carbons (Fsp3) is 0.571. The predicted octanol–water partition coefficient (Wildman–Crippen LogP) is 2.89. The Morgan fingerprint density at radius 2 is 2.35 bits per heavy atom. The lowest BCUT2D eigenvalue weighted by Gasteiger charge is -2.17. The summed E-state index contributed by atoms with van der Waals surface area (Å²) in [4.78, 5) is 18.2. The minimum absolute atomic E-state index is 0.0350. The number of aromatic amines is 1. The molecule has 0 saturated carbocycles. The molecule has 4 nitrogen and oxygen atoms in total. The number of nitrogens with zero attached hydrogens (tertiary/aromatic N) is 1. The van der Waals surface area contributed by atoms with Gasteiger partial charge in [0.25, 0.3) is 5.56 Å². The lowest BCUT2D eigenvalue weighted by molar-refractivity contribution is 0.185. The van der Waals surface area contributed by atoms with E-state index in [0.717, 1.165) is 29.5 Å². The van der Waals surface area contributed by atoms with Crippen molar-refractivity contribution in [2.24, 2.45) is 5.92 Å². The minimum Gasteiger partial charge on any atom is -0.383 e. The molecule has 1 aliphatic rings. The molecule has 0 radical (unpaired) electrons. The zero-order valence-electron chi connectivity index (χ0n) is 11.7. The van der Waals surface area contributed by atoms with Crippen LogP contribution < -0.4 is 5.56 Å². The average molecular weight is 310 g/mol. The minimum atomic E-state index is 0.0350. The van der Waals surface area contributed by atoms with Gasteiger partial charge in [-0.3, -0.25) is 9.36 Å². The smallest absolute Gasteiger partial charge is 0.263 e. The molecule has 0 amide bonds. The van der Waals surface area contributed by atoms with Crippen LogP contribution in [-0.4, -0.2) is 23.3 Å². The quantitative estimate of drug-likeness (QED) is 0.887. The summed E-state index contributed by atoms with van der Waals surface area (Å²) >= 11 is 7.00. The van der Waals surface area contributed by atoms with Gasteiger partial charge in [-0.2, -0.15) is 0 Å². The fourth-order valence-electron chi connectivity index (χ4n) is 2.84. The molecule has 6 heteroatoms. The SMILES string of the molecule is COCCn1c(=S)[nH]c2sc3c(c2c1=O)CC[C@@H](C)C3. The molecule has 0 aliphatic heterocycles. The van der Waals surface area contributed by atoms with Crippen molar-refractivity contribution in [1.82, 2.24) is 9.55 Å². The third kappa shape index (κ3) is 2.25. The van der Waals surface area contributed by atoms with Crippen LogP contribution in [0.5, 0.6) is 0 Å². The van der Waals surface area contributed by atoms with E-state index in [1.807, 2.05) is 0 Å². The summed E-state index contributed by atoms with van der Waals surface area (Å²) in [5.74, 6) is 0.703. The maximum absolute atomic E-state index is 12.7. The van der Waals surface area contributed by atoms with Crippen molar-refractivity contribution < 1.29 is 4.74 Å². The number of thiophene rings is 1. The van der Waals surface area contributed by atoms with Crippen molar-refractivity contribution in [1.29, 1.82) is 0 Å². The third-order valence-corrected chi connectivity index (χ3v) is 5.45. The third-order valence-electron chi connectivity index (χ3n) is 3.96. The van der Waals surface area contributed by atoms with Crippen molar-refractivity contribution in [2.45, 2.75) is 32.7 Å². The molecule has 3 rings (SSSR count). The number of hydrogen-bond acceptors (Lipinski definition) is 4. The van der Waals surface area contributed by atoms with Crippen molar-refractivity contribution in [3.8, 4) is 0 Å². The second-order valence-electron chi connectivity index (χ2n) is 5.44. The zero-order chi connectivity index (χ0) is 14.3. The van der Waals surface area contributed by atoms with Gasteiger partial charge in [-0.25, -0.2) is 0 Å². The number of methoxy groups -OCH3 is 1. The second-order valence-corrected chi connectivity index (χ2v) is 6.93. The molecule has 0 saturated heterocycles. The van der Waals surface area contributed by atoms with Gasteiger partial charge in [-0.1, -0.05) is 6.92 Å². The summed E-state index contributed by atoms with van der Waals surface area (Å²) in [6.45, 7) is 3.26. The topological polar surface area (TPSA) is 47.0 Å². The van der Waals surface area contributed by atoms with E-state index in [0.29, 0.717) is 23.8 Å². The molecule has 0 bridgehead atoms. The van der Waals surface area contributed by atoms with Gasteiger partial charge in [0.05, 0.1) is 18.5 Å². The highest BCUT2D eigenvalue weighted by Gasteiger charge is 2.23. The highest BCUT2D eigenvalue weighted by atomic mass is 32.1. The molecule has 1 aliphatic carbocycles. The zero-order valence-corrected chi connectivity index (χ0v) is 13.3. The molecule has 20 heavy (non-hydrogen) atoms. The van der Waals surface area contributed by atoms with Gasteiger partial charge in [0, 0.05) is 12.0 Å². The molecule has 108 valence electrons. The standard InChI is InChI=1S/C14H18N2O2S2/c1-8-3-4-9-10(7-8)20-12-11(9)13(17)16(5-6-18-2)14(19)15-12/h8H,3-7H2,1-2H3,(H,15,19)/t8-/m1/s1. The summed E-state index contributed by atoms with van der Waals surface area (Å²) in [7, 11) is 1.63. The monoisotopic (exact) mass is 310 g/mol. The van der Waals surface area contributed by atoms with E-state index in [4.69, 9.17) is 17.0 Å². The Morgan fingerprint density at radius 1 is 1.55 bits per heavy atom. The van der Waals surface area contributed by atoms with Gasteiger partial charge in [-0.05, 0) is 43.0 Å². The van der Waals surface area contributed by atoms with E-state index in [1.54, 1.807) is 23.0 Å². The number of aromatic nitrogens is 2. The fourth-order valence-corrected chi connectivity index (χ4v) is 4.59. The van der Waals surface area contributed by atoms with Crippen LogP contribution in [0.3, 0.4) is 0 Å².